The maximum absolute atomic E-state index is 5.45. The van der Waals surface area contributed by atoms with Crippen LogP contribution in [0.1, 0.15) is 31.0 Å². The predicted octanol–water partition coefficient (Wildman–Crippen LogP) is 0.728. The molecule has 0 radical (unpaired) electrons. The molecule has 0 aliphatic heterocycles. The molecule has 0 aliphatic carbocycles. The first-order valence-electron chi connectivity index (χ1n) is 4.67. The van der Waals surface area contributed by atoms with Gasteiger partial charge in [-0.2, -0.15) is 5.10 Å². The standard InChI is InChI=1S/C10H16N4/c1-3-4-5-6-9(12-11)10-7-8-14(2)13-10/h1,7-9,12H,4-6,11H2,2H3. The van der Waals surface area contributed by atoms with Gasteiger partial charge >= 0.3 is 0 Å². The van der Waals surface area contributed by atoms with Crippen LogP contribution < -0.4 is 11.3 Å². The first-order chi connectivity index (χ1) is 6.77. The van der Waals surface area contributed by atoms with E-state index in [1.165, 1.54) is 0 Å². The van der Waals surface area contributed by atoms with Crippen molar-refractivity contribution < 1.29 is 0 Å². The molecule has 1 aromatic rings. The Bertz CT molecular complexity index is 310. The Hall–Kier alpha value is -1.31. The zero-order chi connectivity index (χ0) is 10.4. The maximum atomic E-state index is 5.45. The van der Waals surface area contributed by atoms with Crippen LogP contribution in [0.15, 0.2) is 12.3 Å². The molecule has 4 heteroatoms. The second kappa shape index (κ2) is 5.43. The fourth-order valence-corrected chi connectivity index (χ4v) is 1.34. The quantitative estimate of drug-likeness (QED) is 0.313. The van der Waals surface area contributed by atoms with Crippen LogP contribution in [0.4, 0.5) is 0 Å². The molecule has 1 heterocycles. The number of rotatable bonds is 5. The molecule has 0 amide bonds. The number of nitrogens with zero attached hydrogens (tertiary/aromatic N) is 2. The summed E-state index contributed by atoms with van der Waals surface area (Å²) in [5.41, 5.74) is 3.71. The van der Waals surface area contributed by atoms with E-state index < -0.39 is 0 Å². The summed E-state index contributed by atoms with van der Waals surface area (Å²) in [4.78, 5) is 0. The minimum absolute atomic E-state index is 0.101. The Balaban J connectivity index is 2.50. The van der Waals surface area contributed by atoms with Crippen molar-refractivity contribution in [3.05, 3.63) is 18.0 Å². The second-order valence-electron chi connectivity index (χ2n) is 3.23. The van der Waals surface area contributed by atoms with Crippen molar-refractivity contribution in [1.82, 2.24) is 15.2 Å². The molecule has 0 aliphatic rings. The average molecular weight is 192 g/mol. The summed E-state index contributed by atoms with van der Waals surface area (Å²) in [7, 11) is 1.89. The number of terminal acetylenes is 1. The summed E-state index contributed by atoms with van der Waals surface area (Å²) < 4.78 is 1.76. The lowest BCUT2D eigenvalue weighted by molar-refractivity contribution is 0.485. The van der Waals surface area contributed by atoms with E-state index in [4.69, 9.17) is 12.3 Å². The smallest absolute Gasteiger partial charge is 0.0807 e. The van der Waals surface area contributed by atoms with Crippen LogP contribution in [0.2, 0.25) is 0 Å². The van der Waals surface area contributed by atoms with Gasteiger partial charge in [-0.05, 0) is 18.9 Å². The molecule has 3 N–H and O–H groups in total. The average Bonchev–Trinajstić information content (AvgIpc) is 2.60. The van der Waals surface area contributed by atoms with Gasteiger partial charge in [-0.25, -0.2) is 0 Å². The number of hydrogen-bond acceptors (Lipinski definition) is 3. The highest BCUT2D eigenvalue weighted by molar-refractivity contribution is 5.05. The molecule has 14 heavy (non-hydrogen) atoms. The molecule has 0 aromatic carbocycles. The minimum atomic E-state index is 0.101. The lowest BCUT2D eigenvalue weighted by Gasteiger charge is -2.11. The van der Waals surface area contributed by atoms with Gasteiger partial charge in [-0.1, -0.05) is 0 Å². The van der Waals surface area contributed by atoms with Crippen LogP contribution in [0.5, 0.6) is 0 Å². The largest absolute Gasteiger partial charge is 0.275 e. The lowest BCUT2D eigenvalue weighted by Crippen LogP contribution is -2.28. The van der Waals surface area contributed by atoms with Crippen molar-refractivity contribution in [2.24, 2.45) is 12.9 Å². The molecular formula is C10H16N4. The number of hydrazine groups is 1. The number of aromatic nitrogens is 2. The molecule has 0 fully saturated rings. The molecule has 0 saturated carbocycles. The molecule has 1 rings (SSSR count). The summed E-state index contributed by atoms with van der Waals surface area (Å²) in [5, 5.41) is 4.28. The van der Waals surface area contributed by atoms with E-state index in [2.05, 4.69) is 16.4 Å². The maximum Gasteiger partial charge on any atom is 0.0807 e. The van der Waals surface area contributed by atoms with Crippen molar-refractivity contribution in [1.29, 1.82) is 0 Å². The van der Waals surface area contributed by atoms with Gasteiger partial charge in [0.25, 0.3) is 0 Å². The molecule has 0 bridgehead atoms. The number of nitrogens with one attached hydrogen (secondary N) is 1. The van der Waals surface area contributed by atoms with E-state index in [0.717, 1.165) is 25.0 Å². The fraction of sp³-hybridized carbons (Fsp3) is 0.500. The Labute approximate surface area is 84.5 Å². The van der Waals surface area contributed by atoms with E-state index in [9.17, 15) is 0 Å². The highest BCUT2D eigenvalue weighted by Crippen LogP contribution is 2.15. The molecule has 1 aromatic heterocycles. The van der Waals surface area contributed by atoms with Crippen molar-refractivity contribution in [2.75, 3.05) is 0 Å². The van der Waals surface area contributed by atoms with E-state index in [-0.39, 0.29) is 6.04 Å². The highest BCUT2D eigenvalue weighted by atomic mass is 15.3. The van der Waals surface area contributed by atoms with Gasteiger partial charge in [-0.3, -0.25) is 16.0 Å². The topological polar surface area (TPSA) is 55.9 Å². The number of nitrogens with two attached hydrogens (primary N) is 1. The number of unbranched alkanes of at least 4 members (excludes halogenated alkanes) is 1. The minimum Gasteiger partial charge on any atom is -0.275 e. The third-order valence-corrected chi connectivity index (χ3v) is 2.11. The number of hydrogen-bond donors (Lipinski definition) is 2. The summed E-state index contributed by atoms with van der Waals surface area (Å²) in [6.07, 6.45) is 9.74. The van der Waals surface area contributed by atoms with Crippen molar-refractivity contribution in [3.8, 4) is 12.3 Å². The highest BCUT2D eigenvalue weighted by Gasteiger charge is 2.11. The zero-order valence-electron chi connectivity index (χ0n) is 8.40. The van der Waals surface area contributed by atoms with Crippen molar-refractivity contribution >= 4 is 0 Å². The van der Waals surface area contributed by atoms with Crippen LogP contribution in [-0.2, 0) is 7.05 Å². The monoisotopic (exact) mass is 192 g/mol. The van der Waals surface area contributed by atoms with E-state index in [1.54, 1.807) is 4.68 Å². The third kappa shape index (κ3) is 2.87. The molecule has 76 valence electrons. The van der Waals surface area contributed by atoms with Crippen LogP contribution in [0.25, 0.3) is 0 Å². The van der Waals surface area contributed by atoms with Crippen molar-refractivity contribution in [2.45, 2.75) is 25.3 Å². The van der Waals surface area contributed by atoms with Crippen LogP contribution in [-0.4, -0.2) is 9.78 Å². The van der Waals surface area contributed by atoms with Crippen molar-refractivity contribution in [3.63, 3.8) is 0 Å². The van der Waals surface area contributed by atoms with Gasteiger partial charge in [0.1, 0.15) is 0 Å². The molecular weight excluding hydrogens is 176 g/mol. The first-order valence-corrected chi connectivity index (χ1v) is 4.67. The van der Waals surface area contributed by atoms with Gasteiger partial charge in [0.05, 0.1) is 11.7 Å². The Morgan fingerprint density at radius 3 is 3.07 bits per heavy atom. The summed E-state index contributed by atoms with van der Waals surface area (Å²) in [6, 6.07) is 2.06. The Kier molecular flexibility index (Phi) is 4.17. The fourth-order valence-electron chi connectivity index (χ4n) is 1.34. The Morgan fingerprint density at radius 1 is 1.79 bits per heavy atom. The van der Waals surface area contributed by atoms with E-state index in [1.807, 2.05) is 19.3 Å². The normalized spacial score (nSPS) is 12.4. The molecule has 1 unspecified atom stereocenters. The molecule has 0 spiro atoms. The molecule has 4 nitrogen and oxygen atoms in total. The van der Waals surface area contributed by atoms with Gasteiger partial charge in [0, 0.05) is 19.7 Å². The zero-order valence-corrected chi connectivity index (χ0v) is 8.40. The molecule has 1 atom stereocenters. The third-order valence-electron chi connectivity index (χ3n) is 2.11. The van der Waals surface area contributed by atoms with E-state index in [0.29, 0.717) is 0 Å². The lowest BCUT2D eigenvalue weighted by atomic mass is 10.1. The van der Waals surface area contributed by atoms with Crippen LogP contribution >= 0.6 is 0 Å². The van der Waals surface area contributed by atoms with Gasteiger partial charge in [0.2, 0.25) is 0 Å². The van der Waals surface area contributed by atoms with Gasteiger partial charge < -0.3 is 0 Å². The summed E-state index contributed by atoms with van der Waals surface area (Å²) in [5.74, 6) is 8.05. The first kappa shape index (κ1) is 10.8. The van der Waals surface area contributed by atoms with Gasteiger partial charge in [-0.15, -0.1) is 12.3 Å². The predicted molar refractivity (Wildman–Crippen MR) is 56.0 cm³/mol. The summed E-state index contributed by atoms with van der Waals surface area (Å²) in [6.45, 7) is 0. The van der Waals surface area contributed by atoms with Gasteiger partial charge in [0.15, 0.2) is 0 Å². The Morgan fingerprint density at radius 2 is 2.57 bits per heavy atom. The second-order valence-corrected chi connectivity index (χ2v) is 3.23. The van der Waals surface area contributed by atoms with Crippen LogP contribution in [0.3, 0.4) is 0 Å². The SMILES string of the molecule is C#CCCCC(NN)c1ccn(C)n1. The van der Waals surface area contributed by atoms with E-state index >= 15 is 0 Å². The summed E-state index contributed by atoms with van der Waals surface area (Å²) >= 11 is 0. The number of aryl methyl sites for hydroxylation is 1. The van der Waals surface area contributed by atoms with Crippen LogP contribution in [0, 0.1) is 12.3 Å². The molecule has 0 saturated heterocycles.